The van der Waals surface area contributed by atoms with Gasteiger partial charge in [-0.15, -0.1) is 0 Å². The monoisotopic (exact) mass is 232 g/mol. The molecule has 2 aliphatic carbocycles. The van der Waals surface area contributed by atoms with Crippen molar-refractivity contribution in [3.63, 3.8) is 0 Å². The number of hydrogen-bond acceptors (Lipinski definition) is 4. The Hall–Kier alpha value is -1.00. The highest BCUT2D eigenvalue weighted by molar-refractivity contribution is 5.39. The molecule has 4 heteroatoms. The van der Waals surface area contributed by atoms with Crippen LogP contribution in [0.15, 0.2) is 6.20 Å². The minimum Gasteiger partial charge on any atom is -0.344 e. The molecule has 0 unspecified atom stereocenters. The third kappa shape index (κ3) is 1.20. The summed E-state index contributed by atoms with van der Waals surface area (Å²) in [6.45, 7) is 5.93. The Kier molecular flexibility index (Phi) is 1.68. The highest BCUT2D eigenvalue weighted by atomic mass is 16.8. The summed E-state index contributed by atoms with van der Waals surface area (Å²) >= 11 is 0. The molecule has 17 heavy (non-hydrogen) atoms. The summed E-state index contributed by atoms with van der Waals surface area (Å²) in [5.74, 6) is 1.24. The highest BCUT2D eigenvalue weighted by Crippen LogP contribution is 2.58. The highest BCUT2D eigenvalue weighted by Gasteiger charge is 2.59. The van der Waals surface area contributed by atoms with Crippen molar-refractivity contribution in [2.45, 2.75) is 57.0 Å². The van der Waals surface area contributed by atoms with Crippen LogP contribution in [0.1, 0.15) is 49.2 Å². The summed E-state index contributed by atoms with van der Waals surface area (Å²) in [5, 5.41) is 0. The predicted molar refractivity (Wildman–Crippen MR) is 60.7 cm³/mol. The van der Waals surface area contributed by atoms with Gasteiger partial charge in [0.25, 0.3) is 0 Å². The van der Waals surface area contributed by atoms with Gasteiger partial charge in [-0.25, -0.2) is 9.97 Å². The quantitative estimate of drug-likeness (QED) is 0.685. The molecule has 2 heterocycles. The zero-order valence-corrected chi connectivity index (χ0v) is 10.3. The molecule has 4 nitrogen and oxygen atoms in total. The van der Waals surface area contributed by atoms with E-state index in [0.29, 0.717) is 11.8 Å². The van der Waals surface area contributed by atoms with E-state index in [1.54, 1.807) is 0 Å². The van der Waals surface area contributed by atoms with Crippen LogP contribution in [0.2, 0.25) is 0 Å². The fourth-order valence-corrected chi connectivity index (χ4v) is 3.63. The summed E-state index contributed by atoms with van der Waals surface area (Å²) in [5.41, 5.74) is 2.48. The number of hydrogen-bond donors (Lipinski definition) is 0. The van der Waals surface area contributed by atoms with Crippen LogP contribution in [-0.2, 0) is 9.47 Å². The van der Waals surface area contributed by atoms with Gasteiger partial charge in [0.2, 0.25) is 0 Å². The second-order valence-electron chi connectivity index (χ2n) is 5.77. The molecule has 0 aromatic carbocycles. The van der Waals surface area contributed by atoms with E-state index in [1.807, 2.05) is 27.0 Å². The van der Waals surface area contributed by atoms with Gasteiger partial charge in [-0.2, -0.15) is 0 Å². The minimum atomic E-state index is -0.448. The lowest BCUT2D eigenvalue weighted by Crippen LogP contribution is -2.29. The van der Waals surface area contributed by atoms with Crippen molar-refractivity contribution in [1.29, 1.82) is 0 Å². The molecule has 0 radical (unpaired) electrons. The van der Waals surface area contributed by atoms with Crippen molar-refractivity contribution in [3.05, 3.63) is 23.3 Å². The van der Waals surface area contributed by atoms with Crippen LogP contribution < -0.4 is 0 Å². The van der Waals surface area contributed by atoms with E-state index in [-0.39, 0.29) is 12.2 Å². The fourth-order valence-electron chi connectivity index (χ4n) is 3.63. The predicted octanol–water partition coefficient (Wildman–Crippen LogP) is 1.89. The first kappa shape index (κ1) is 9.97. The lowest BCUT2D eigenvalue weighted by atomic mass is 9.92. The first-order valence-electron chi connectivity index (χ1n) is 6.24. The number of fused-ring (bicyclic) bond motifs is 8. The molecule has 1 aromatic rings. The van der Waals surface area contributed by atoms with E-state index in [9.17, 15) is 0 Å². The molecule has 1 aliphatic heterocycles. The largest absolute Gasteiger partial charge is 0.344 e. The average molecular weight is 232 g/mol. The van der Waals surface area contributed by atoms with Crippen molar-refractivity contribution in [2.75, 3.05) is 0 Å². The topological polar surface area (TPSA) is 44.2 Å². The molecule has 4 atom stereocenters. The molecule has 90 valence electrons. The standard InChI is InChI=1S/C13H16N2O2/c1-6-14-5-9-7-4-8(10(9)15-6)12-11(7)16-13(2,3)17-12/h5,7-8,11-12H,4H2,1-3H3/t7-,8+,11-,12+/m1/s1. The third-order valence-electron chi connectivity index (χ3n) is 4.18. The summed E-state index contributed by atoms with van der Waals surface area (Å²) in [4.78, 5) is 8.91. The Morgan fingerprint density at radius 1 is 1.24 bits per heavy atom. The number of nitrogens with zero attached hydrogens (tertiary/aromatic N) is 2. The molecule has 1 saturated carbocycles. The first-order chi connectivity index (χ1) is 8.05. The van der Waals surface area contributed by atoms with Crippen molar-refractivity contribution >= 4 is 0 Å². The van der Waals surface area contributed by atoms with Crippen molar-refractivity contribution < 1.29 is 9.47 Å². The third-order valence-corrected chi connectivity index (χ3v) is 4.18. The van der Waals surface area contributed by atoms with Crippen LogP contribution in [-0.4, -0.2) is 28.0 Å². The van der Waals surface area contributed by atoms with Crippen LogP contribution in [0, 0.1) is 6.92 Å². The lowest BCUT2D eigenvalue weighted by Gasteiger charge is -2.23. The van der Waals surface area contributed by atoms with Gasteiger partial charge in [0.1, 0.15) is 5.82 Å². The summed E-state index contributed by atoms with van der Waals surface area (Å²) < 4.78 is 12.0. The molecular formula is C13H16N2O2. The second kappa shape index (κ2) is 2.87. The molecular weight excluding hydrogens is 216 g/mol. The Morgan fingerprint density at radius 2 is 1.94 bits per heavy atom. The van der Waals surface area contributed by atoms with Gasteiger partial charge < -0.3 is 9.47 Å². The van der Waals surface area contributed by atoms with E-state index >= 15 is 0 Å². The number of ether oxygens (including phenoxy) is 2. The first-order valence-corrected chi connectivity index (χ1v) is 6.24. The van der Waals surface area contributed by atoms with E-state index < -0.39 is 5.79 Å². The van der Waals surface area contributed by atoms with Gasteiger partial charge in [-0.05, 0) is 32.8 Å². The SMILES string of the molecule is Cc1ncc2c(n1)[C@@H]1C[C@H]2[C@H]2OC(C)(C)O[C@H]21. The zero-order chi connectivity index (χ0) is 11.8. The summed E-state index contributed by atoms with van der Waals surface area (Å²) in [6.07, 6.45) is 3.48. The maximum atomic E-state index is 6.02. The Morgan fingerprint density at radius 3 is 2.71 bits per heavy atom. The van der Waals surface area contributed by atoms with E-state index in [2.05, 4.69) is 9.97 Å². The Labute approximate surface area is 100 Å². The van der Waals surface area contributed by atoms with Crippen molar-refractivity contribution in [1.82, 2.24) is 9.97 Å². The zero-order valence-electron chi connectivity index (χ0n) is 10.3. The maximum Gasteiger partial charge on any atom is 0.163 e. The molecule has 2 bridgehead atoms. The van der Waals surface area contributed by atoms with Gasteiger partial charge in [-0.3, -0.25) is 0 Å². The van der Waals surface area contributed by atoms with Crippen LogP contribution in [0.3, 0.4) is 0 Å². The molecule has 1 aromatic heterocycles. The molecule has 1 saturated heterocycles. The van der Waals surface area contributed by atoms with Crippen LogP contribution in [0.25, 0.3) is 0 Å². The van der Waals surface area contributed by atoms with Crippen molar-refractivity contribution in [2.24, 2.45) is 0 Å². The second-order valence-corrected chi connectivity index (χ2v) is 5.77. The maximum absolute atomic E-state index is 6.02. The van der Waals surface area contributed by atoms with Gasteiger partial charge in [0.05, 0.1) is 17.9 Å². The molecule has 3 aliphatic rings. The average Bonchev–Trinajstić information content (AvgIpc) is 2.83. The fraction of sp³-hybridized carbons (Fsp3) is 0.692. The summed E-state index contributed by atoms with van der Waals surface area (Å²) in [7, 11) is 0. The normalized spacial score (nSPS) is 40.4. The van der Waals surface area contributed by atoms with Crippen LogP contribution >= 0.6 is 0 Å². The van der Waals surface area contributed by atoms with E-state index in [4.69, 9.17) is 9.47 Å². The minimum absolute atomic E-state index is 0.191. The molecule has 0 amide bonds. The van der Waals surface area contributed by atoms with E-state index in [1.165, 1.54) is 11.3 Å². The van der Waals surface area contributed by atoms with Gasteiger partial charge in [0, 0.05) is 18.0 Å². The van der Waals surface area contributed by atoms with Crippen LogP contribution in [0.4, 0.5) is 0 Å². The van der Waals surface area contributed by atoms with Crippen LogP contribution in [0.5, 0.6) is 0 Å². The lowest BCUT2D eigenvalue weighted by molar-refractivity contribution is -0.153. The smallest absolute Gasteiger partial charge is 0.163 e. The molecule has 2 fully saturated rings. The summed E-state index contributed by atoms with van der Waals surface area (Å²) in [6, 6.07) is 0. The molecule has 0 spiro atoms. The van der Waals surface area contributed by atoms with E-state index in [0.717, 1.165) is 12.2 Å². The Bertz CT molecular complexity index is 500. The molecule has 0 N–H and O–H groups in total. The number of rotatable bonds is 0. The molecule has 4 rings (SSSR count). The van der Waals surface area contributed by atoms with Crippen molar-refractivity contribution in [3.8, 4) is 0 Å². The van der Waals surface area contributed by atoms with Gasteiger partial charge >= 0.3 is 0 Å². The number of aromatic nitrogens is 2. The number of aryl methyl sites for hydroxylation is 1. The van der Waals surface area contributed by atoms with Gasteiger partial charge in [0.15, 0.2) is 5.79 Å². The van der Waals surface area contributed by atoms with Gasteiger partial charge in [-0.1, -0.05) is 0 Å². The Balaban J connectivity index is 1.80.